The van der Waals surface area contributed by atoms with E-state index in [4.69, 9.17) is 22.1 Å². The molecule has 0 spiro atoms. The maximum atomic E-state index is 13.5. The van der Waals surface area contributed by atoms with Gasteiger partial charge in [-0.05, 0) is 91.4 Å². The summed E-state index contributed by atoms with van der Waals surface area (Å²) in [5, 5.41) is 11.0. The highest BCUT2D eigenvalue weighted by molar-refractivity contribution is 9.10. The van der Waals surface area contributed by atoms with Crippen molar-refractivity contribution in [2.45, 2.75) is 45.6 Å². The van der Waals surface area contributed by atoms with E-state index < -0.39 is 5.92 Å². The molecule has 1 aliphatic heterocycles. The quantitative estimate of drug-likeness (QED) is 0.332. The minimum absolute atomic E-state index is 0.0652. The number of carbonyl (C=O) groups is 1. The number of Topliss-reactive ketones (excluding diaryl/α,β-unsaturated/α-hetero) is 1. The van der Waals surface area contributed by atoms with Gasteiger partial charge in [-0.25, -0.2) is 0 Å². The molecule has 0 saturated heterocycles. The number of carbonyl (C=O) groups excluding carboxylic acids is 1. The van der Waals surface area contributed by atoms with Crippen LogP contribution in [0.3, 0.4) is 0 Å². The summed E-state index contributed by atoms with van der Waals surface area (Å²) in [4.78, 5) is 15.4. The number of ether oxygens (including phenoxy) is 1. The van der Waals surface area contributed by atoms with E-state index in [-0.39, 0.29) is 5.78 Å². The van der Waals surface area contributed by atoms with Crippen molar-refractivity contribution in [3.63, 3.8) is 0 Å². The minimum atomic E-state index is -0.527. The van der Waals surface area contributed by atoms with Crippen molar-refractivity contribution in [3.05, 3.63) is 115 Å². The number of hydrogen-bond donors (Lipinski definition) is 1. The number of allylic oxidation sites excluding steroid dienone is 3. The molecule has 1 atom stereocenters. The standard InChI is InChI=1S/C31H27BrClN3O2/c1-18-13-19(2)25(14-20(18)17-38-24-11-9-22(33)10-12-24)29-26(16-34)31(35)36(23-6-3-5-21(32)15-23)27-7-4-8-28(37)30(27)29/h3,5-6,9-15,29H,4,7-8,17,35H2,1-2H3. The fraction of sp³-hybridized carbons (Fsp3) is 0.226. The monoisotopic (exact) mass is 587 g/mol. The Kier molecular flexibility index (Phi) is 7.34. The van der Waals surface area contributed by atoms with Crippen LogP contribution in [-0.4, -0.2) is 5.78 Å². The number of nitrogens with zero attached hydrogens (tertiary/aromatic N) is 2. The Labute approximate surface area is 236 Å². The molecule has 0 saturated carbocycles. The Balaban J connectivity index is 1.62. The Morgan fingerprint density at radius 1 is 1.11 bits per heavy atom. The van der Waals surface area contributed by atoms with Gasteiger partial charge in [0, 0.05) is 32.9 Å². The molecule has 192 valence electrons. The van der Waals surface area contributed by atoms with E-state index in [0.29, 0.717) is 47.2 Å². The number of ketones is 1. The number of benzene rings is 3. The number of halogens is 2. The van der Waals surface area contributed by atoms with Gasteiger partial charge in [-0.2, -0.15) is 5.26 Å². The van der Waals surface area contributed by atoms with E-state index in [0.717, 1.165) is 44.5 Å². The summed E-state index contributed by atoms with van der Waals surface area (Å²) in [7, 11) is 0. The second kappa shape index (κ2) is 10.7. The SMILES string of the molecule is Cc1cc(C)c(C2C(C#N)=C(N)N(c3cccc(Br)c3)C3=C2C(=O)CCC3)cc1COc1ccc(Cl)cc1. The molecule has 0 fully saturated rings. The fourth-order valence-electron chi connectivity index (χ4n) is 5.38. The van der Waals surface area contributed by atoms with Gasteiger partial charge in [-0.1, -0.05) is 45.7 Å². The van der Waals surface area contributed by atoms with Crippen molar-refractivity contribution < 1.29 is 9.53 Å². The summed E-state index contributed by atoms with van der Waals surface area (Å²) >= 11 is 9.55. The van der Waals surface area contributed by atoms with E-state index in [2.05, 4.69) is 34.1 Å². The molecular weight excluding hydrogens is 562 g/mol. The van der Waals surface area contributed by atoms with Gasteiger partial charge in [0.15, 0.2) is 5.78 Å². The van der Waals surface area contributed by atoms with Crippen LogP contribution in [-0.2, 0) is 11.4 Å². The lowest BCUT2D eigenvalue weighted by Gasteiger charge is -2.40. The smallest absolute Gasteiger partial charge is 0.161 e. The Morgan fingerprint density at radius 3 is 2.58 bits per heavy atom. The third kappa shape index (κ3) is 4.84. The van der Waals surface area contributed by atoms with Crippen molar-refractivity contribution >= 4 is 39.0 Å². The second-order valence-corrected chi connectivity index (χ2v) is 11.0. The topological polar surface area (TPSA) is 79.4 Å². The molecule has 0 bridgehead atoms. The summed E-state index contributed by atoms with van der Waals surface area (Å²) in [6, 6.07) is 21.5. The maximum Gasteiger partial charge on any atom is 0.161 e. The predicted octanol–water partition coefficient (Wildman–Crippen LogP) is 7.60. The van der Waals surface area contributed by atoms with Gasteiger partial charge in [0.05, 0.1) is 17.6 Å². The van der Waals surface area contributed by atoms with Gasteiger partial charge >= 0.3 is 0 Å². The third-order valence-corrected chi connectivity index (χ3v) is 7.97. The molecule has 2 N–H and O–H groups in total. The van der Waals surface area contributed by atoms with Gasteiger partial charge < -0.3 is 10.5 Å². The zero-order valence-corrected chi connectivity index (χ0v) is 23.6. The van der Waals surface area contributed by atoms with E-state index in [1.165, 1.54) is 0 Å². The van der Waals surface area contributed by atoms with Gasteiger partial charge in [0.1, 0.15) is 18.2 Å². The van der Waals surface area contributed by atoms with Crippen LogP contribution in [0.1, 0.15) is 47.4 Å². The van der Waals surface area contributed by atoms with Crippen molar-refractivity contribution in [2.75, 3.05) is 4.90 Å². The first-order chi connectivity index (χ1) is 18.3. The Hall–Kier alpha value is -3.53. The zero-order chi connectivity index (χ0) is 27.0. The third-order valence-electron chi connectivity index (χ3n) is 7.22. The van der Waals surface area contributed by atoms with Crippen LogP contribution in [0.15, 0.2) is 87.8 Å². The van der Waals surface area contributed by atoms with E-state index >= 15 is 0 Å². The molecule has 5 rings (SSSR count). The van der Waals surface area contributed by atoms with Crippen LogP contribution in [0.25, 0.3) is 0 Å². The molecule has 0 radical (unpaired) electrons. The molecule has 5 nitrogen and oxygen atoms in total. The summed E-state index contributed by atoms with van der Waals surface area (Å²) in [6.45, 7) is 4.41. The zero-order valence-electron chi connectivity index (χ0n) is 21.2. The van der Waals surface area contributed by atoms with E-state index in [1.807, 2.05) is 55.1 Å². The molecular formula is C31H27BrClN3O2. The molecule has 3 aromatic carbocycles. The molecule has 7 heteroatoms. The number of nitriles is 1. The Morgan fingerprint density at radius 2 is 1.87 bits per heavy atom. The highest BCUT2D eigenvalue weighted by atomic mass is 79.9. The number of hydrogen-bond acceptors (Lipinski definition) is 5. The number of anilines is 1. The molecule has 0 amide bonds. The van der Waals surface area contributed by atoms with Crippen LogP contribution >= 0.6 is 27.5 Å². The second-order valence-electron chi connectivity index (χ2n) is 9.67. The van der Waals surface area contributed by atoms with Gasteiger partial charge in [0.25, 0.3) is 0 Å². The normalized spacial score (nSPS) is 17.4. The Bertz CT molecular complexity index is 1540. The first kappa shape index (κ1) is 26.1. The van der Waals surface area contributed by atoms with Crippen LogP contribution in [0, 0.1) is 25.2 Å². The van der Waals surface area contributed by atoms with Gasteiger partial charge in [-0.15, -0.1) is 0 Å². The van der Waals surface area contributed by atoms with Crippen LogP contribution in [0.4, 0.5) is 5.69 Å². The van der Waals surface area contributed by atoms with Crippen LogP contribution < -0.4 is 15.4 Å². The van der Waals surface area contributed by atoms with Crippen molar-refractivity contribution in [1.29, 1.82) is 5.26 Å². The average Bonchev–Trinajstić information content (AvgIpc) is 2.89. The minimum Gasteiger partial charge on any atom is -0.489 e. The summed E-state index contributed by atoms with van der Waals surface area (Å²) < 4.78 is 6.94. The van der Waals surface area contributed by atoms with E-state index in [9.17, 15) is 10.1 Å². The molecule has 38 heavy (non-hydrogen) atoms. The number of aryl methyl sites for hydroxylation is 2. The largest absolute Gasteiger partial charge is 0.489 e. The number of nitrogens with two attached hydrogens (primary N) is 1. The summed E-state index contributed by atoms with van der Waals surface area (Å²) in [5.74, 6) is 0.618. The highest BCUT2D eigenvalue weighted by Crippen LogP contribution is 2.47. The first-order valence-electron chi connectivity index (χ1n) is 12.5. The summed E-state index contributed by atoms with van der Waals surface area (Å²) in [5.41, 5.74) is 13.5. The van der Waals surface area contributed by atoms with Crippen molar-refractivity contribution in [3.8, 4) is 11.8 Å². The first-order valence-corrected chi connectivity index (χ1v) is 13.7. The lowest BCUT2D eigenvalue weighted by atomic mass is 9.74. The average molecular weight is 589 g/mol. The molecule has 1 unspecified atom stereocenters. The molecule has 2 aliphatic rings. The molecule has 1 heterocycles. The predicted molar refractivity (Wildman–Crippen MR) is 154 cm³/mol. The molecule has 1 aliphatic carbocycles. The fourth-order valence-corrected chi connectivity index (χ4v) is 5.90. The maximum absolute atomic E-state index is 13.5. The van der Waals surface area contributed by atoms with Gasteiger partial charge in [0.2, 0.25) is 0 Å². The summed E-state index contributed by atoms with van der Waals surface area (Å²) in [6.07, 6.45) is 1.91. The lowest BCUT2D eigenvalue weighted by Crippen LogP contribution is -2.39. The van der Waals surface area contributed by atoms with E-state index in [1.54, 1.807) is 12.1 Å². The van der Waals surface area contributed by atoms with Crippen LogP contribution in [0.5, 0.6) is 5.75 Å². The number of rotatable bonds is 5. The molecule has 0 aromatic heterocycles. The van der Waals surface area contributed by atoms with Crippen LogP contribution in [0.2, 0.25) is 5.02 Å². The van der Waals surface area contributed by atoms with Gasteiger partial charge in [-0.3, -0.25) is 9.69 Å². The van der Waals surface area contributed by atoms with Crippen molar-refractivity contribution in [1.82, 2.24) is 0 Å². The highest BCUT2D eigenvalue weighted by Gasteiger charge is 2.41. The molecule has 3 aromatic rings. The lowest BCUT2D eigenvalue weighted by molar-refractivity contribution is -0.116. The van der Waals surface area contributed by atoms with Crippen molar-refractivity contribution in [2.24, 2.45) is 5.73 Å².